The average Bonchev–Trinajstić information content (AvgIpc) is 2.69. The summed E-state index contributed by atoms with van der Waals surface area (Å²) in [5.41, 5.74) is 6.80. The van der Waals surface area contributed by atoms with Gasteiger partial charge in [0.1, 0.15) is 0 Å². The molecule has 0 spiro atoms. The summed E-state index contributed by atoms with van der Waals surface area (Å²) in [4.78, 5) is 2.58. The molecule has 4 fully saturated rings. The number of fused-ring (bicyclic) bond motifs is 3. The normalized spacial score (nSPS) is 46.0. The highest BCUT2D eigenvalue weighted by atomic mass is 16.5. The zero-order valence-corrected chi connectivity index (χ0v) is 16.5. The molecule has 5 atom stereocenters. The first-order chi connectivity index (χ1) is 12.8. The topological polar surface area (TPSA) is 50.5 Å². The predicted octanol–water partition coefficient (Wildman–Crippen LogP) is 3.07. The molecule has 4 aliphatic heterocycles. The second-order valence-corrected chi connectivity index (χ2v) is 9.16. The van der Waals surface area contributed by atoms with Gasteiger partial charge in [-0.3, -0.25) is 0 Å². The molecule has 2 bridgehead atoms. The molecule has 0 saturated carbocycles. The van der Waals surface area contributed by atoms with Crippen LogP contribution in [0.25, 0.3) is 0 Å². The highest BCUT2D eigenvalue weighted by molar-refractivity contribution is 4.99. The van der Waals surface area contributed by atoms with Gasteiger partial charge in [0.05, 0.1) is 12.2 Å². The minimum atomic E-state index is 0.139. The van der Waals surface area contributed by atoms with Crippen LogP contribution in [0.4, 0.5) is 0 Å². The molecule has 1 aliphatic carbocycles. The Morgan fingerprint density at radius 3 is 2.54 bits per heavy atom. The number of ether oxygens (including phenoxy) is 1. The van der Waals surface area contributed by atoms with E-state index in [9.17, 15) is 0 Å². The number of hydrogen-bond donors (Lipinski definition) is 2. The largest absolute Gasteiger partial charge is 0.372 e. The van der Waals surface area contributed by atoms with Gasteiger partial charge in [-0.2, -0.15) is 0 Å². The van der Waals surface area contributed by atoms with E-state index >= 15 is 0 Å². The van der Waals surface area contributed by atoms with Crippen molar-refractivity contribution in [2.75, 3.05) is 26.2 Å². The van der Waals surface area contributed by atoms with E-state index in [-0.39, 0.29) is 12.1 Å². The number of nitrogens with one attached hydrogen (secondary N) is 1. The molecule has 0 aromatic rings. The second kappa shape index (κ2) is 9.18. The van der Waals surface area contributed by atoms with E-state index in [4.69, 9.17) is 10.5 Å². The summed E-state index contributed by atoms with van der Waals surface area (Å²) < 4.78 is 6.68. The number of nitrogens with zero attached hydrogens (tertiary/aromatic N) is 1. The summed E-state index contributed by atoms with van der Waals surface area (Å²) in [7, 11) is 0. The fourth-order valence-corrected chi connectivity index (χ4v) is 5.74. The van der Waals surface area contributed by atoms with Gasteiger partial charge in [0.2, 0.25) is 0 Å². The summed E-state index contributed by atoms with van der Waals surface area (Å²) in [5.74, 6) is 1.44. The standard InChI is InChI=1S/C22H39N3O/c23-21-19(26-20-16-25-14-11-17(20)12-15-25)10-13-24-22(21)18-8-6-4-2-1-3-5-7-9-18/h4,6,17-22,24H,1-3,5,7-16,23H2/b6-4-/t18?,19?,20-,21?,22?/m1/s1. The van der Waals surface area contributed by atoms with E-state index < -0.39 is 0 Å². The van der Waals surface area contributed by atoms with Crippen molar-refractivity contribution in [3.05, 3.63) is 12.2 Å². The predicted molar refractivity (Wildman–Crippen MR) is 107 cm³/mol. The lowest BCUT2D eigenvalue weighted by molar-refractivity contribution is -0.120. The Kier molecular flexibility index (Phi) is 6.68. The molecule has 0 amide bonds. The van der Waals surface area contributed by atoms with Crippen LogP contribution in [0.1, 0.15) is 64.2 Å². The van der Waals surface area contributed by atoms with Gasteiger partial charge >= 0.3 is 0 Å². The van der Waals surface area contributed by atoms with Crippen molar-refractivity contribution in [1.82, 2.24) is 10.2 Å². The molecule has 5 rings (SSSR count). The van der Waals surface area contributed by atoms with Crippen LogP contribution in [0.15, 0.2) is 12.2 Å². The molecule has 4 nitrogen and oxygen atoms in total. The van der Waals surface area contributed by atoms with Crippen molar-refractivity contribution in [3.8, 4) is 0 Å². The summed E-state index contributed by atoms with van der Waals surface area (Å²) in [6, 6.07) is 0.555. The third kappa shape index (κ3) is 4.52. The van der Waals surface area contributed by atoms with E-state index in [0.717, 1.165) is 25.4 Å². The molecule has 4 heterocycles. The third-order valence-corrected chi connectivity index (χ3v) is 7.41. The van der Waals surface area contributed by atoms with Crippen LogP contribution < -0.4 is 11.1 Å². The van der Waals surface area contributed by atoms with Crippen LogP contribution in [0.5, 0.6) is 0 Å². The Balaban J connectivity index is 1.36. The third-order valence-electron chi connectivity index (χ3n) is 7.41. The van der Waals surface area contributed by atoms with E-state index in [1.165, 1.54) is 70.9 Å². The Morgan fingerprint density at radius 2 is 1.73 bits per heavy atom. The van der Waals surface area contributed by atoms with Crippen molar-refractivity contribution in [3.63, 3.8) is 0 Å². The van der Waals surface area contributed by atoms with E-state index in [1.54, 1.807) is 0 Å². The maximum atomic E-state index is 6.80. The van der Waals surface area contributed by atoms with Crippen molar-refractivity contribution in [2.45, 2.75) is 88.5 Å². The molecular weight excluding hydrogens is 322 g/mol. The smallest absolute Gasteiger partial charge is 0.0757 e. The monoisotopic (exact) mass is 361 g/mol. The van der Waals surface area contributed by atoms with Crippen LogP contribution in [-0.2, 0) is 4.74 Å². The second-order valence-electron chi connectivity index (χ2n) is 9.16. The Bertz CT molecular complexity index is 460. The highest BCUT2D eigenvalue weighted by Gasteiger charge is 2.40. The molecule has 0 aromatic carbocycles. The summed E-state index contributed by atoms with van der Waals surface area (Å²) >= 11 is 0. The molecular formula is C22H39N3O. The number of piperidine rings is 4. The van der Waals surface area contributed by atoms with Crippen LogP contribution in [0, 0.1) is 11.8 Å². The minimum Gasteiger partial charge on any atom is -0.372 e. The molecule has 4 saturated heterocycles. The Hall–Kier alpha value is -0.420. The number of allylic oxidation sites excluding steroid dienone is 2. The molecule has 4 unspecified atom stereocenters. The van der Waals surface area contributed by atoms with Gasteiger partial charge < -0.3 is 20.7 Å². The minimum absolute atomic E-state index is 0.139. The zero-order chi connectivity index (χ0) is 17.8. The van der Waals surface area contributed by atoms with Gasteiger partial charge in [-0.1, -0.05) is 31.4 Å². The molecule has 148 valence electrons. The number of rotatable bonds is 3. The fourth-order valence-electron chi connectivity index (χ4n) is 5.74. The molecule has 4 heteroatoms. The van der Waals surface area contributed by atoms with Gasteiger partial charge in [0, 0.05) is 18.6 Å². The van der Waals surface area contributed by atoms with Gasteiger partial charge in [-0.25, -0.2) is 0 Å². The van der Waals surface area contributed by atoms with Crippen LogP contribution >= 0.6 is 0 Å². The first-order valence-corrected chi connectivity index (χ1v) is 11.3. The van der Waals surface area contributed by atoms with Gasteiger partial charge in [0.25, 0.3) is 0 Å². The Labute approximate surface area is 159 Å². The van der Waals surface area contributed by atoms with Crippen LogP contribution in [0.2, 0.25) is 0 Å². The highest BCUT2D eigenvalue weighted by Crippen LogP contribution is 2.33. The van der Waals surface area contributed by atoms with Gasteiger partial charge in [-0.05, 0) is 76.4 Å². The fraction of sp³-hybridized carbons (Fsp3) is 0.909. The first-order valence-electron chi connectivity index (χ1n) is 11.3. The van der Waals surface area contributed by atoms with Crippen molar-refractivity contribution in [2.24, 2.45) is 17.6 Å². The lowest BCUT2D eigenvalue weighted by Gasteiger charge is -2.48. The molecule has 0 radical (unpaired) electrons. The van der Waals surface area contributed by atoms with Crippen LogP contribution in [0.3, 0.4) is 0 Å². The molecule has 0 aromatic heterocycles. The first kappa shape index (κ1) is 18.9. The Morgan fingerprint density at radius 1 is 0.885 bits per heavy atom. The summed E-state index contributed by atoms with van der Waals surface area (Å²) in [6.45, 7) is 4.75. The van der Waals surface area contributed by atoms with Gasteiger partial charge in [0.15, 0.2) is 0 Å². The quantitative estimate of drug-likeness (QED) is 0.759. The molecule has 26 heavy (non-hydrogen) atoms. The maximum absolute atomic E-state index is 6.80. The molecule has 3 N–H and O–H groups in total. The van der Waals surface area contributed by atoms with E-state index in [0.29, 0.717) is 18.1 Å². The summed E-state index contributed by atoms with van der Waals surface area (Å²) in [5, 5.41) is 3.77. The number of hydrogen-bond acceptors (Lipinski definition) is 4. The maximum Gasteiger partial charge on any atom is 0.0757 e. The van der Waals surface area contributed by atoms with E-state index in [2.05, 4.69) is 22.4 Å². The lowest BCUT2D eigenvalue weighted by Crippen LogP contribution is -2.62. The number of nitrogens with two attached hydrogens (primary N) is 1. The lowest BCUT2D eigenvalue weighted by atomic mass is 9.80. The van der Waals surface area contributed by atoms with Gasteiger partial charge in [-0.15, -0.1) is 0 Å². The van der Waals surface area contributed by atoms with E-state index in [1.807, 2.05) is 0 Å². The average molecular weight is 362 g/mol. The van der Waals surface area contributed by atoms with Crippen molar-refractivity contribution in [1.29, 1.82) is 0 Å². The summed E-state index contributed by atoms with van der Waals surface area (Å²) in [6.07, 6.45) is 18.4. The molecule has 5 aliphatic rings. The van der Waals surface area contributed by atoms with Crippen molar-refractivity contribution < 1.29 is 4.74 Å². The SMILES string of the molecule is NC1C(O[C@@H]2CN3CCC2CC3)CCNC1C1C/C=C\CCCCCC1. The van der Waals surface area contributed by atoms with Crippen LogP contribution in [-0.4, -0.2) is 55.4 Å². The van der Waals surface area contributed by atoms with Crippen molar-refractivity contribution >= 4 is 0 Å². The zero-order valence-electron chi connectivity index (χ0n) is 16.5.